The van der Waals surface area contributed by atoms with Crippen molar-refractivity contribution in [3.8, 4) is 0 Å². The van der Waals surface area contributed by atoms with Crippen molar-refractivity contribution in [1.82, 2.24) is 10.2 Å². The Morgan fingerprint density at radius 1 is 1.17 bits per heavy atom. The molecule has 0 aliphatic rings. The molecule has 0 aliphatic carbocycles. The first-order chi connectivity index (χ1) is 8.49. The van der Waals surface area contributed by atoms with Gasteiger partial charge in [0.25, 0.3) is 0 Å². The number of hydrogen-bond acceptors (Lipinski definition) is 4. The second-order valence-corrected chi connectivity index (χ2v) is 3.60. The van der Waals surface area contributed by atoms with Gasteiger partial charge in [0, 0.05) is 5.69 Å². The summed E-state index contributed by atoms with van der Waals surface area (Å²) in [6, 6.07) is 4.54. The standard InChI is InChI=1S/C10H7ClF3N3O/c11-5-8-16-17-9(18-8)15-7-3-1-6(2-4-7)10(12,13)14/h1-4H,5H2,(H,15,17). The van der Waals surface area contributed by atoms with E-state index in [4.69, 9.17) is 16.0 Å². The van der Waals surface area contributed by atoms with E-state index in [0.29, 0.717) is 5.69 Å². The summed E-state index contributed by atoms with van der Waals surface area (Å²) in [6.45, 7) is 0. The summed E-state index contributed by atoms with van der Waals surface area (Å²) in [4.78, 5) is 0. The van der Waals surface area contributed by atoms with Gasteiger partial charge in [-0.2, -0.15) is 13.2 Å². The fourth-order valence-corrected chi connectivity index (χ4v) is 1.33. The first-order valence-electron chi connectivity index (χ1n) is 4.81. The van der Waals surface area contributed by atoms with Crippen LogP contribution in [0.4, 0.5) is 24.9 Å². The second-order valence-electron chi connectivity index (χ2n) is 3.33. The lowest BCUT2D eigenvalue weighted by Gasteiger charge is -2.07. The van der Waals surface area contributed by atoms with Crippen LogP contribution in [-0.2, 0) is 12.1 Å². The fraction of sp³-hybridized carbons (Fsp3) is 0.200. The molecule has 1 aromatic heterocycles. The number of nitrogens with zero attached hydrogens (tertiary/aromatic N) is 2. The van der Waals surface area contributed by atoms with Crippen molar-refractivity contribution in [3.05, 3.63) is 35.7 Å². The zero-order chi connectivity index (χ0) is 13.2. The molecule has 0 amide bonds. The number of halogens is 4. The minimum Gasteiger partial charge on any atom is -0.407 e. The Balaban J connectivity index is 2.11. The fourth-order valence-electron chi connectivity index (χ4n) is 1.22. The molecule has 0 radical (unpaired) electrons. The number of rotatable bonds is 3. The highest BCUT2D eigenvalue weighted by molar-refractivity contribution is 6.16. The average Bonchev–Trinajstić information content (AvgIpc) is 2.76. The smallest absolute Gasteiger partial charge is 0.407 e. The Labute approximate surface area is 105 Å². The number of aromatic nitrogens is 2. The third-order valence-corrected chi connectivity index (χ3v) is 2.27. The monoisotopic (exact) mass is 277 g/mol. The maximum atomic E-state index is 12.3. The molecule has 96 valence electrons. The van der Waals surface area contributed by atoms with E-state index in [0.717, 1.165) is 12.1 Å². The van der Waals surface area contributed by atoms with Crippen LogP contribution in [0, 0.1) is 0 Å². The van der Waals surface area contributed by atoms with Gasteiger partial charge in [-0.05, 0) is 24.3 Å². The minimum absolute atomic E-state index is 0.0711. The molecule has 0 saturated heterocycles. The van der Waals surface area contributed by atoms with Crippen LogP contribution >= 0.6 is 11.6 Å². The molecule has 8 heteroatoms. The molecular weight excluding hydrogens is 271 g/mol. The maximum absolute atomic E-state index is 12.3. The largest absolute Gasteiger partial charge is 0.416 e. The van der Waals surface area contributed by atoms with Gasteiger partial charge in [0.2, 0.25) is 5.89 Å². The summed E-state index contributed by atoms with van der Waals surface area (Å²) in [5.41, 5.74) is -0.312. The van der Waals surface area contributed by atoms with Crippen LogP contribution in [0.2, 0.25) is 0 Å². The Morgan fingerprint density at radius 3 is 2.33 bits per heavy atom. The Hall–Kier alpha value is -1.76. The van der Waals surface area contributed by atoms with Gasteiger partial charge >= 0.3 is 12.2 Å². The van der Waals surface area contributed by atoms with E-state index in [1.165, 1.54) is 12.1 Å². The number of benzene rings is 1. The summed E-state index contributed by atoms with van der Waals surface area (Å²) in [5.74, 6) is 0.299. The number of hydrogen-bond donors (Lipinski definition) is 1. The molecule has 2 rings (SSSR count). The number of nitrogens with one attached hydrogen (secondary N) is 1. The Morgan fingerprint density at radius 2 is 1.83 bits per heavy atom. The van der Waals surface area contributed by atoms with Crippen LogP contribution in [-0.4, -0.2) is 10.2 Å². The molecule has 0 saturated carbocycles. The lowest BCUT2D eigenvalue weighted by Crippen LogP contribution is -2.04. The van der Waals surface area contributed by atoms with Gasteiger partial charge in [-0.15, -0.1) is 16.7 Å². The third-order valence-electron chi connectivity index (χ3n) is 2.04. The van der Waals surface area contributed by atoms with Crippen LogP contribution in [0.3, 0.4) is 0 Å². The molecule has 0 aliphatic heterocycles. The zero-order valence-electron chi connectivity index (χ0n) is 8.83. The van der Waals surface area contributed by atoms with Crippen molar-refractivity contribution in [2.24, 2.45) is 0 Å². The molecule has 0 bridgehead atoms. The molecule has 1 aromatic carbocycles. The van der Waals surface area contributed by atoms with Gasteiger partial charge in [-0.25, -0.2) is 0 Å². The molecule has 0 atom stereocenters. The lowest BCUT2D eigenvalue weighted by molar-refractivity contribution is -0.137. The van der Waals surface area contributed by atoms with Crippen LogP contribution in [0.15, 0.2) is 28.7 Å². The van der Waals surface area contributed by atoms with E-state index in [1.54, 1.807) is 0 Å². The van der Waals surface area contributed by atoms with E-state index in [9.17, 15) is 13.2 Å². The minimum atomic E-state index is -4.35. The Bertz CT molecular complexity index is 524. The van der Waals surface area contributed by atoms with E-state index in [1.807, 2.05) is 0 Å². The van der Waals surface area contributed by atoms with Gasteiger partial charge < -0.3 is 9.73 Å². The topological polar surface area (TPSA) is 51.0 Å². The molecule has 4 nitrogen and oxygen atoms in total. The van der Waals surface area contributed by atoms with E-state index >= 15 is 0 Å². The number of alkyl halides is 4. The van der Waals surface area contributed by atoms with Crippen molar-refractivity contribution < 1.29 is 17.6 Å². The van der Waals surface area contributed by atoms with Crippen LogP contribution in [0.1, 0.15) is 11.5 Å². The van der Waals surface area contributed by atoms with Gasteiger partial charge in [-0.1, -0.05) is 5.10 Å². The highest BCUT2D eigenvalue weighted by atomic mass is 35.5. The van der Waals surface area contributed by atoms with Gasteiger partial charge in [0.15, 0.2) is 0 Å². The summed E-state index contributed by atoms with van der Waals surface area (Å²) in [6.07, 6.45) is -4.35. The molecule has 0 fully saturated rings. The van der Waals surface area contributed by atoms with Crippen LogP contribution in [0.5, 0.6) is 0 Å². The molecule has 2 aromatic rings. The summed E-state index contributed by atoms with van der Waals surface area (Å²) >= 11 is 5.47. The summed E-state index contributed by atoms with van der Waals surface area (Å²) < 4.78 is 42.0. The molecule has 1 heterocycles. The predicted molar refractivity (Wildman–Crippen MR) is 58.6 cm³/mol. The molecule has 18 heavy (non-hydrogen) atoms. The molecule has 1 N–H and O–H groups in total. The van der Waals surface area contributed by atoms with Gasteiger partial charge in [-0.3, -0.25) is 0 Å². The van der Waals surface area contributed by atoms with Crippen molar-refractivity contribution >= 4 is 23.3 Å². The van der Waals surface area contributed by atoms with E-state index in [2.05, 4.69) is 15.5 Å². The lowest BCUT2D eigenvalue weighted by atomic mass is 10.2. The van der Waals surface area contributed by atoms with E-state index < -0.39 is 11.7 Å². The summed E-state index contributed by atoms with van der Waals surface area (Å²) in [5, 5.41) is 9.89. The van der Waals surface area contributed by atoms with Gasteiger partial charge in [0.1, 0.15) is 5.88 Å². The first-order valence-corrected chi connectivity index (χ1v) is 5.35. The normalized spacial score (nSPS) is 11.6. The second kappa shape index (κ2) is 4.85. The maximum Gasteiger partial charge on any atom is 0.416 e. The van der Waals surface area contributed by atoms with E-state index in [-0.39, 0.29) is 17.8 Å². The van der Waals surface area contributed by atoms with Crippen molar-refractivity contribution in [1.29, 1.82) is 0 Å². The first kappa shape index (κ1) is 12.7. The van der Waals surface area contributed by atoms with Crippen molar-refractivity contribution in [2.75, 3.05) is 5.32 Å². The zero-order valence-corrected chi connectivity index (χ0v) is 9.59. The predicted octanol–water partition coefficient (Wildman–Crippen LogP) is 3.57. The van der Waals surface area contributed by atoms with Crippen molar-refractivity contribution in [2.45, 2.75) is 12.1 Å². The Kier molecular flexibility index (Phi) is 3.42. The quantitative estimate of drug-likeness (QED) is 0.872. The van der Waals surface area contributed by atoms with Crippen LogP contribution < -0.4 is 5.32 Å². The van der Waals surface area contributed by atoms with Crippen LogP contribution in [0.25, 0.3) is 0 Å². The molecule has 0 unspecified atom stereocenters. The third kappa shape index (κ3) is 2.92. The number of anilines is 2. The molecular formula is C10H7ClF3N3O. The molecule has 0 spiro atoms. The summed E-state index contributed by atoms with van der Waals surface area (Å²) in [7, 11) is 0. The van der Waals surface area contributed by atoms with Crippen molar-refractivity contribution in [3.63, 3.8) is 0 Å². The SMILES string of the molecule is FC(F)(F)c1ccc(Nc2nnc(CCl)o2)cc1. The highest BCUT2D eigenvalue weighted by Crippen LogP contribution is 2.30. The highest BCUT2D eigenvalue weighted by Gasteiger charge is 2.29. The average molecular weight is 278 g/mol. The van der Waals surface area contributed by atoms with Gasteiger partial charge in [0.05, 0.1) is 5.56 Å².